The van der Waals surface area contributed by atoms with E-state index in [1.165, 1.54) is 24.3 Å². The number of amides is 1. The van der Waals surface area contributed by atoms with Gasteiger partial charge in [-0.25, -0.2) is 18.6 Å². The largest absolute Gasteiger partial charge is 0.508 e. The number of nitrogens with one attached hydrogen (secondary N) is 1. The molecule has 4 saturated heterocycles. The zero-order valence-electron chi connectivity index (χ0n) is 32.5. The molecule has 2 aromatic carbocycles. The average Bonchev–Trinajstić information content (AvgIpc) is 3.58. The van der Waals surface area contributed by atoms with Gasteiger partial charge in [-0.05, 0) is 82.0 Å². The summed E-state index contributed by atoms with van der Waals surface area (Å²) < 4.78 is 51.4. The van der Waals surface area contributed by atoms with Crippen LogP contribution in [-0.4, -0.2) is 112 Å². The molecule has 2 N–H and O–H groups in total. The zero-order valence-corrected chi connectivity index (χ0v) is 32.5. The summed E-state index contributed by atoms with van der Waals surface area (Å²) in [5.41, 5.74) is -0.522. The van der Waals surface area contributed by atoms with E-state index in [9.17, 15) is 9.90 Å². The van der Waals surface area contributed by atoms with Gasteiger partial charge in [0.15, 0.2) is 5.82 Å². The van der Waals surface area contributed by atoms with Crippen LogP contribution in [-0.2, 0) is 4.74 Å². The summed E-state index contributed by atoms with van der Waals surface area (Å²) in [5.74, 6) is 1.39. The maximum atomic E-state index is 17.4. The maximum absolute atomic E-state index is 17.4. The number of fused-ring (bicyclic) bond motifs is 4. The number of benzene rings is 2. The highest BCUT2D eigenvalue weighted by Crippen LogP contribution is 2.46. The lowest BCUT2D eigenvalue weighted by Crippen LogP contribution is -2.63. The van der Waals surface area contributed by atoms with Crippen molar-refractivity contribution in [2.45, 2.75) is 101 Å². The first-order chi connectivity index (χ1) is 27.7. The molecule has 4 aromatic rings. The van der Waals surface area contributed by atoms with Crippen molar-refractivity contribution >= 4 is 33.6 Å². The van der Waals surface area contributed by atoms with Gasteiger partial charge in [-0.15, -0.1) is 6.42 Å². The number of carbonyl (C=O) groups excluding carboxylic acids is 1. The fraction of sp³-hybridized carbons (Fsp3) is 0.535. The Morgan fingerprint density at radius 2 is 1.91 bits per heavy atom. The second-order valence-electron chi connectivity index (χ2n) is 16.4. The summed E-state index contributed by atoms with van der Waals surface area (Å²) in [5, 5.41) is 15.4. The van der Waals surface area contributed by atoms with Gasteiger partial charge in [0.2, 0.25) is 5.88 Å². The number of aromatic hydroxyl groups is 1. The van der Waals surface area contributed by atoms with Crippen LogP contribution in [0.4, 0.5) is 19.4 Å². The second kappa shape index (κ2) is 15.1. The van der Waals surface area contributed by atoms with Crippen molar-refractivity contribution in [1.82, 2.24) is 30.1 Å². The molecule has 4 fully saturated rings. The minimum absolute atomic E-state index is 0.0211. The Bertz CT molecular complexity index is 2260. The third-order valence-electron chi connectivity index (χ3n) is 12.9. The first-order valence-corrected chi connectivity index (χ1v) is 20.5. The normalized spacial score (nSPS) is 26.0. The number of phenols is 1. The van der Waals surface area contributed by atoms with Crippen molar-refractivity contribution < 1.29 is 32.9 Å². The van der Waals surface area contributed by atoms with Crippen molar-refractivity contribution in [2.75, 3.05) is 50.9 Å². The number of likely N-dealkylation sites (tertiary alicyclic amines) is 1. The van der Waals surface area contributed by atoms with Crippen LogP contribution in [0, 0.1) is 24.0 Å². The number of aromatic nitrogens is 3. The Labute approximate surface area is 330 Å². The molecule has 14 heteroatoms. The fourth-order valence-corrected chi connectivity index (χ4v) is 10.1. The van der Waals surface area contributed by atoms with E-state index in [1.54, 1.807) is 0 Å². The van der Waals surface area contributed by atoms with Gasteiger partial charge < -0.3 is 34.4 Å². The predicted octanol–water partition coefficient (Wildman–Crippen LogP) is 6.54. The van der Waals surface area contributed by atoms with E-state index in [2.05, 4.69) is 34.9 Å². The number of rotatable bonds is 7. The molecule has 5 aliphatic heterocycles. The van der Waals surface area contributed by atoms with Crippen molar-refractivity contribution in [3.8, 4) is 41.2 Å². The number of piperazine rings is 1. The summed E-state index contributed by atoms with van der Waals surface area (Å²) in [6.45, 7) is 7.98. The van der Waals surface area contributed by atoms with Gasteiger partial charge in [-0.2, -0.15) is 9.97 Å². The predicted molar refractivity (Wildman–Crippen MR) is 212 cm³/mol. The zero-order chi connectivity index (χ0) is 39.4. The Kier molecular flexibility index (Phi) is 9.93. The highest BCUT2D eigenvalue weighted by atomic mass is 19.1. The number of pyridine rings is 1. The number of halogens is 2. The molecule has 0 bridgehead atoms. The number of nitrogens with zero attached hydrogens (tertiary/aromatic N) is 6. The number of terminal acetylenes is 1. The average molecular weight is 782 g/mol. The van der Waals surface area contributed by atoms with Crippen LogP contribution in [0.5, 0.6) is 17.6 Å². The van der Waals surface area contributed by atoms with Gasteiger partial charge in [0.05, 0.1) is 17.1 Å². The number of anilines is 1. The molecule has 9 rings (SSSR count). The van der Waals surface area contributed by atoms with Crippen molar-refractivity contribution in [3.63, 3.8) is 0 Å². The third kappa shape index (κ3) is 6.62. The lowest BCUT2D eigenvalue weighted by Gasteiger charge is -2.44. The summed E-state index contributed by atoms with van der Waals surface area (Å²) in [7, 11) is 0. The van der Waals surface area contributed by atoms with Crippen LogP contribution in [0.2, 0.25) is 0 Å². The third-order valence-corrected chi connectivity index (χ3v) is 12.9. The molecule has 300 valence electrons. The van der Waals surface area contributed by atoms with E-state index in [0.29, 0.717) is 29.7 Å². The number of hydrogen-bond acceptors (Lipinski definition) is 11. The van der Waals surface area contributed by atoms with Crippen LogP contribution in [0.1, 0.15) is 77.2 Å². The summed E-state index contributed by atoms with van der Waals surface area (Å²) in [6.07, 6.45) is 14.3. The number of carbonyl (C=O) groups is 1. The number of phenolic OH excluding ortho intramolecular Hbond substituents is 1. The molecule has 0 unspecified atom stereocenters. The lowest BCUT2D eigenvalue weighted by atomic mass is 9.95. The lowest BCUT2D eigenvalue weighted by molar-refractivity contribution is 0.0444. The molecule has 12 nitrogen and oxygen atoms in total. The van der Waals surface area contributed by atoms with Crippen LogP contribution < -0.4 is 19.7 Å². The Hall–Kier alpha value is -5.00. The Balaban J connectivity index is 1.09. The van der Waals surface area contributed by atoms with Crippen molar-refractivity contribution in [2.24, 2.45) is 0 Å². The first-order valence-electron chi connectivity index (χ1n) is 20.5. The minimum atomic E-state index is -0.800. The molecule has 0 spiro atoms. The van der Waals surface area contributed by atoms with Crippen LogP contribution in [0.3, 0.4) is 0 Å². The summed E-state index contributed by atoms with van der Waals surface area (Å²) in [6, 6.07) is 5.59. The van der Waals surface area contributed by atoms with Crippen LogP contribution in [0.25, 0.3) is 32.9 Å². The molecule has 1 amide bonds. The van der Waals surface area contributed by atoms with E-state index >= 15 is 8.78 Å². The van der Waals surface area contributed by atoms with Crippen LogP contribution in [0.15, 0.2) is 24.3 Å². The fourth-order valence-electron chi connectivity index (χ4n) is 10.1. The minimum Gasteiger partial charge on any atom is -0.508 e. The van der Waals surface area contributed by atoms with E-state index < -0.39 is 11.6 Å². The molecule has 7 heterocycles. The van der Waals surface area contributed by atoms with Gasteiger partial charge >= 0.3 is 12.1 Å². The summed E-state index contributed by atoms with van der Waals surface area (Å²) in [4.78, 5) is 33.9. The molecule has 57 heavy (non-hydrogen) atoms. The molecule has 5 atom stereocenters. The molecule has 0 radical (unpaired) electrons. The van der Waals surface area contributed by atoms with Gasteiger partial charge in [0.1, 0.15) is 53.8 Å². The van der Waals surface area contributed by atoms with Gasteiger partial charge in [0.25, 0.3) is 0 Å². The highest BCUT2D eigenvalue weighted by Gasteiger charge is 2.50. The van der Waals surface area contributed by atoms with E-state index in [1.807, 2.05) is 4.90 Å². The van der Waals surface area contributed by atoms with Gasteiger partial charge in [0, 0.05) is 48.7 Å². The van der Waals surface area contributed by atoms with E-state index in [-0.39, 0.29) is 94.4 Å². The van der Waals surface area contributed by atoms with E-state index in [4.69, 9.17) is 35.6 Å². The van der Waals surface area contributed by atoms with Gasteiger partial charge in [-0.1, -0.05) is 31.8 Å². The van der Waals surface area contributed by atoms with Crippen molar-refractivity contribution in [1.29, 1.82) is 0 Å². The van der Waals surface area contributed by atoms with Gasteiger partial charge in [-0.3, -0.25) is 4.90 Å². The maximum Gasteiger partial charge on any atom is 0.409 e. The number of ether oxygens (including phenoxy) is 3. The molecule has 0 saturated carbocycles. The standard InChI is InChI=1S/C43H49F2N7O5/c1-4-29-31(44)12-11-26-19-28(53)20-30(34(26)29)37-36(45)38-35-39(51-21-25(3)46-32(5-2)33(51)23-55-40(35)47-37)49-41(48-38)57-24-43-14-10-18-52(43)27(13-15-43)22-56-42(54)50-16-8-6-7-9-17-50/h1,11-12,19-20,25,27,32-33,46,53H,5-10,13-18,21-24H2,2-3H3/t25-,27+,32+,33-,43+/m1/s1. The molecular formula is C43H49F2N7O5. The molecular weight excluding hydrogens is 733 g/mol. The topological polar surface area (TPSA) is 125 Å². The monoisotopic (exact) mass is 781 g/mol. The summed E-state index contributed by atoms with van der Waals surface area (Å²) >= 11 is 0. The van der Waals surface area contributed by atoms with Crippen molar-refractivity contribution in [3.05, 3.63) is 41.5 Å². The first kappa shape index (κ1) is 37.6. The molecule has 2 aromatic heterocycles. The SMILES string of the molecule is C#Cc1c(F)ccc2cc(O)cc(-c3nc4c5c(nc(OC[C@@]67CCCN6[C@H](COC(=O)N6CCCCCC6)CC7)nc5c3F)N3C[C@@H](C)N[C@@H](CC)[C@H]3CO4)c12. The molecule has 0 aliphatic carbocycles. The van der Waals surface area contributed by atoms with Crippen LogP contribution >= 0.6 is 0 Å². The quantitative estimate of drug-likeness (QED) is 0.199. The van der Waals surface area contributed by atoms with E-state index in [0.717, 1.165) is 77.4 Å². The second-order valence-corrected chi connectivity index (χ2v) is 16.4. The number of hydrogen-bond donors (Lipinski definition) is 2. The highest BCUT2D eigenvalue weighted by molar-refractivity contribution is 6.04. The Morgan fingerprint density at radius 1 is 1.09 bits per heavy atom. The Morgan fingerprint density at radius 3 is 2.70 bits per heavy atom. The molecule has 5 aliphatic rings. The smallest absolute Gasteiger partial charge is 0.409 e.